The highest BCUT2D eigenvalue weighted by atomic mass is 35.7. The van der Waals surface area contributed by atoms with Crippen LogP contribution in [0.5, 0.6) is 5.75 Å². The van der Waals surface area contributed by atoms with Crippen LogP contribution in [-0.2, 0) is 8.88 Å². The van der Waals surface area contributed by atoms with E-state index >= 15 is 0 Å². The normalized spacial score (nSPS) is 27.4. The van der Waals surface area contributed by atoms with Gasteiger partial charge in [0.25, 0.3) is 0 Å². The number of benzene rings is 1. The van der Waals surface area contributed by atoms with Crippen molar-refractivity contribution >= 4 is 32.3 Å². The van der Waals surface area contributed by atoms with E-state index in [4.69, 9.17) is 20.1 Å². The first-order valence-electron chi connectivity index (χ1n) is 3.22. The summed E-state index contributed by atoms with van der Waals surface area (Å²) in [5, 5.41) is 0.613. The third-order valence-electron chi connectivity index (χ3n) is 1.43. The zero-order chi connectivity index (χ0) is 8.55. The van der Waals surface area contributed by atoms with Gasteiger partial charge in [0, 0.05) is 0 Å². The maximum absolute atomic E-state index is 11.3. The van der Waals surface area contributed by atoms with E-state index in [-0.39, 0.29) is 0 Å². The van der Waals surface area contributed by atoms with Crippen molar-refractivity contribution in [3.05, 3.63) is 24.3 Å². The first kappa shape index (κ1) is 8.52. The van der Waals surface area contributed by atoms with Crippen LogP contribution in [0.2, 0.25) is 0 Å². The summed E-state index contributed by atoms with van der Waals surface area (Å²) in [7, 11) is -3.69. The Morgan fingerprint density at radius 2 is 2.17 bits per heavy atom. The van der Waals surface area contributed by atoms with Crippen molar-refractivity contribution in [3.63, 3.8) is 0 Å². The third kappa shape index (κ3) is 1.51. The monoisotopic (exact) mass is 222 g/mol. The van der Waals surface area contributed by atoms with Gasteiger partial charge in [-0.3, -0.25) is 8.88 Å². The summed E-state index contributed by atoms with van der Waals surface area (Å²) in [5.74, 6) is 0.578. The number of hydrogen-bond acceptors (Lipinski definition) is 3. The Kier molecular flexibility index (Phi) is 2.38. The van der Waals surface area contributed by atoms with E-state index in [1.807, 2.05) is 0 Å². The molecule has 3 nitrogen and oxygen atoms in total. The standard InChI is InChI=1S/C6H5ClO3P2/c7-12-9-5-3-1-2-4-6(5)11(8)10-12/h1-4,11H. The van der Waals surface area contributed by atoms with Gasteiger partial charge in [-0.05, 0) is 23.4 Å². The van der Waals surface area contributed by atoms with Crippen LogP contribution in [0.1, 0.15) is 0 Å². The molecular formula is C6H5ClO3P2. The molecule has 0 N–H and O–H groups in total. The van der Waals surface area contributed by atoms with Crippen molar-refractivity contribution in [2.45, 2.75) is 0 Å². The molecule has 2 atom stereocenters. The molecule has 0 bridgehead atoms. The van der Waals surface area contributed by atoms with Gasteiger partial charge in [0.15, 0.2) is 0 Å². The maximum atomic E-state index is 11.3. The van der Waals surface area contributed by atoms with E-state index in [1.54, 1.807) is 24.3 Å². The second kappa shape index (κ2) is 3.35. The van der Waals surface area contributed by atoms with Crippen LogP contribution in [-0.4, -0.2) is 0 Å². The molecule has 0 fully saturated rings. The Hall–Kier alpha value is -0.0700. The molecule has 64 valence electrons. The SMILES string of the molecule is O=[PH]1OP(Cl)Oc2ccccc21. The average molecular weight is 223 g/mol. The van der Waals surface area contributed by atoms with Gasteiger partial charge in [-0.15, -0.1) is 0 Å². The summed E-state index contributed by atoms with van der Waals surface area (Å²) in [4.78, 5) is 0. The molecule has 0 spiro atoms. The van der Waals surface area contributed by atoms with Crippen LogP contribution in [0, 0.1) is 0 Å². The van der Waals surface area contributed by atoms with Crippen LogP contribution < -0.4 is 9.83 Å². The summed E-state index contributed by atoms with van der Waals surface area (Å²) >= 11 is 5.59. The fraction of sp³-hybridized carbons (Fsp3) is 0. The highest BCUT2D eigenvalue weighted by Crippen LogP contribution is 2.56. The van der Waals surface area contributed by atoms with E-state index in [2.05, 4.69) is 0 Å². The van der Waals surface area contributed by atoms with Crippen LogP contribution in [0.4, 0.5) is 0 Å². The number of halogens is 1. The smallest absolute Gasteiger partial charge is 0.344 e. The van der Waals surface area contributed by atoms with Gasteiger partial charge >= 0.3 is 7.73 Å². The summed E-state index contributed by atoms with van der Waals surface area (Å²) in [6, 6.07) is 7.04. The van der Waals surface area contributed by atoms with Crippen molar-refractivity contribution in [3.8, 4) is 5.75 Å². The zero-order valence-electron chi connectivity index (χ0n) is 5.86. The lowest BCUT2D eigenvalue weighted by Gasteiger charge is -2.19. The van der Waals surface area contributed by atoms with Gasteiger partial charge in [0.2, 0.25) is 8.03 Å². The molecule has 6 heteroatoms. The van der Waals surface area contributed by atoms with Crippen molar-refractivity contribution in [1.82, 2.24) is 0 Å². The van der Waals surface area contributed by atoms with Crippen LogP contribution in [0.15, 0.2) is 24.3 Å². The van der Waals surface area contributed by atoms with Crippen molar-refractivity contribution < 1.29 is 13.4 Å². The molecule has 2 unspecified atom stereocenters. The molecule has 1 aliphatic heterocycles. The topological polar surface area (TPSA) is 35.5 Å². The number of fused-ring (bicyclic) bond motifs is 1. The molecule has 0 saturated carbocycles. The van der Waals surface area contributed by atoms with E-state index in [0.717, 1.165) is 0 Å². The van der Waals surface area contributed by atoms with E-state index in [9.17, 15) is 4.57 Å². The Morgan fingerprint density at radius 3 is 3.00 bits per heavy atom. The minimum absolute atomic E-state index is 0.578. The maximum Gasteiger partial charge on any atom is 0.344 e. The van der Waals surface area contributed by atoms with Crippen molar-refractivity contribution in [2.75, 3.05) is 0 Å². The van der Waals surface area contributed by atoms with Gasteiger partial charge in [0.1, 0.15) is 5.75 Å². The molecule has 0 saturated heterocycles. The lowest BCUT2D eigenvalue weighted by molar-refractivity contribution is 0.483. The molecule has 0 radical (unpaired) electrons. The fourth-order valence-corrected chi connectivity index (χ4v) is 3.74. The fourth-order valence-electron chi connectivity index (χ4n) is 0.925. The molecule has 0 amide bonds. The first-order chi connectivity index (χ1) is 5.77. The Labute approximate surface area is 76.2 Å². The second-order valence-electron chi connectivity index (χ2n) is 2.18. The molecule has 1 heterocycles. The third-order valence-corrected chi connectivity index (χ3v) is 4.69. The largest absolute Gasteiger partial charge is 0.435 e. The summed E-state index contributed by atoms with van der Waals surface area (Å²) in [6.07, 6.45) is 0. The predicted molar refractivity (Wildman–Crippen MR) is 49.6 cm³/mol. The van der Waals surface area contributed by atoms with E-state index in [0.29, 0.717) is 11.1 Å². The number of para-hydroxylation sites is 1. The predicted octanol–water partition coefficient (Wildman–Crippen LogP) is 2.66. The van der Waals surface area contributed by atoms with Crippen LogP contribution in [0.3, 0.4) is 0 Å². The molecule has 2 rings (SSSR count). The molecule has 12 heavy (non-hydrogen) atoms. The molecule has 1 aliphatic rings. The van der Waals surface area contributed by atoms with Gasteiger partial charge in [-0.2, -0.15) is 0 Å². The van der Waals surface area contributed by atoms with Crippen molar-refractivity contribution in [1.29, 1.82) is 0 Å². The molecular weight excluding hydrogens is 217 g/mol. The lowest BCUT2D eigenvalue weighted by atomic mass is 10.3. The van der Waals surface area contributed by atoms with E-state index in [1.165, 1.54) is 0 Å². The Bertz CT molecular complexity index is 330. The van der Waals surface area contributed by atoms with Gasteiger partial charge in [-0.25, -0.2) is 0 Å². The second-order valence-corrected chi connectivity index (χ2v) is 5.46. The number of hydrogen-bond donors (Lipinski definition) is 0. The molecule has 0 aliphatic carbocycles. The summed E-state index contributed by atoms with van der Waals surface area (Å²) < 4.78 is 21.3. The van der Waals surface area contributed by atoms with Gasteiger partial charge < -0.3 is 4.52 Å². The molecule has 1 aromatic rings. The van der Waals surface area contributed by atoms with Crippen LogP contribution in [0.25, 0.3) is 0 Å². The summed E-state index contributed by atoms with van der Waals surface area (Å²) in [6.45, 7) is 0. The lowest BCUT2D eigenvalue weighted by Crippen LogP contribution is -2.06. The zero-order valence-corrected chi connectivity index (χ0v) is 8.51. The minimum Gasteiger partial charge on any atom is -0.435 e. The highest BCUT2D eigenvalue weighted by Gasteiger charge is 2.24. The first-order valence-corrected chi connectivity index (χ1v) is 6.62. The highest BCUT2D eigenvalue weighted by molar-refractivity contribution is 7.81. The van der Waals surface area contributed by atoms with Gasteiger partial charge in [0.05, 0.1) is 5.30 Å². The Morgan fingerprint density at radius 1 is 1.42 bits per heavy atom. The van der Waals surface area contributed by atoms with Crippen molar-refractivity contribution in [2.24, 2.45) is 0 Å². The Balaban J connectivity index is 2.47. The quantitative estimate of drug-likeness (QED) is 0.633. The van der Waals surface area contributed by atoms with Gasteiger partial charge in [-0.1, -0.05) is 12.1 Å². The molecule has 0 aromatic heterocycles. The summed E-state index contributed by atoms with van der Waals surface area (Å²) in [5.41, 5.74) is 0. The average Bonchev–Trinajstić information content (AvgIpc) is 2.04. The van der Waals surface area contributed by atoms with E-state index < -0.39 is 15.8 Å². The number of rotatable bonds is 0. The van der Waals surface area contributed by atoms with Crippen LogP contribution >= 0.6 is 27.0 Å². The molecule has 1 aromatic carbocycles. The minimum atomic E-state index is -2.18.